The molecule has 1 nitrogen and oxygen atoms in total. The van der Waals surface area contributed by atoms with Crippen molar-refractivity contribution in [1.82, 2.24) is 0 Å². The molecule has 0 aromatic rings. The lowest BCUT2D eigenvalue weighted by molar-refractivity contribution is 0.0214. The summed E-state index contributed by atoms with van der Waals surface area (Å²) in [5, 5.41) is 0. The van der Waals surface area contributed by atoms with Crippen molar-refractivity contribution in [3.05, 3.63) is 0 Å². The van der Waals surface area contributed by atoms with Gasteiger partial charge in [-0.1, -0.05) is 0 Å². The van der Waals surface area contributed by atoms with E-state index in [9.17, 15) is 8.78 Å². The summed E-state index contributed by atoms with van der Waals surface area (Å²) in [6.07, 6.45) is 1.17. The minimum Gasteiger partial charge on any atom is -0.328 e. The number of halogens is 2. The average molecular weight is 133 g/mol. The molecule has 0 bridgehead atoms. The fourth-order valence-corrected chi connectivity index (χ4v) is 1.77. The second-order valence-corrected chi connectivity index (χ2v) is 3.33. The van der Waals surface area contributed by atoms with Crippen LogP contribution in [0.1, 0.15) is 19.3 Å². The summed E-state index contributed by atoms with van der Waals surface area (Å²) in [6, 6.07) is 0.0541. The third kappa shape index (κ3) is 0.509. The van der Waals surface area contributed by atoms with Crippen LogP contribution in [0.4, 0.5) is 8.78 Å². The Morgan fingerprint density at radius 3 is 1.89 bits per heavy atom. The lowest BCUT2D eigenvalue weighted by atomic mass is 9.77. The molecule has 0 amide bonds. The molecule has 0 heterocycles. The van der Waals surface area contributed by atoms with Gasteiger partial charge in [0.25, 0.3) is 5.92 Å². The number of hydrogen-bond donors (Lipinski definition) is 1. The highest BCUT2D eigenvalue weighted by molar-refractivity contribution is 5.18. The van der Waals surface area contributed by atoms with Gasteiger partial charge in [-0.2, -0.15) is 0 Å². The van der Waals surface area contributed by atoms with Gasteiger partial charge in [0, 0.05) is 17.9 Å². The molecule has 0 aromatic heterocycles. The molecule has 0 radical (unpaired) electrons. The molecule has 52 valence electrons. The predicted molar refractivity (Wildman–Crippen MR) is 29.2 cm³/mol. The highest BCUT2D eigenvalue weighted by Crippen LogP contribution is 2.70. The van der Waals surface area contributed by atoms with Gasteiger partial charge in [-0.3, -0.25) is 0 Å². The van der Waals surface area contributed by atoms with Crippen molar-refractivity contribution < 1.29 is 8.78 Å². The first kappa shape index (κ1) is 5.59. The Kier molecular flexibility index (Phi) is 0.712. The molecule has 0 unspecified atom stereocenters. The molecular weight excluding hydrogens is 124 g/mol. The van der Waals surface area contributed by atoms with Crippen LogP contribution in [-0.2, 0) is 0 Å². The maximum Gasteiger partial charge on any atom is 0.254 e. The molecule has 2 rings (SSSR count). The lowest BCUT2D eigenvalue weighted by Crippen LogP contribution is -2.40. The van der Waals surface area contributed by atoms with Gasteiger partial charge in [0.05, 0.1) is 0 Å². The van der Waals surface area contributed by atoms with Gasteiger partial charge < -0.3 is 5.73 Å². The molecule has 2 fully saturated rings. The third-order valence-corrected chi connectivity index (χ3v) is 2.52. The minimum atomic E-state index is -2.36. The molecule has 0 saturated heterocycles. The Bertz CT molecular complexity index is 149. The molecule has 2 aliphatic carbocycles. The van der Waals surface area contributed by atoms with Crippen molar-refractivity contribution in [2.45, 2.75) is 31.2 Å². The molecule has 2 N–H and O–H groups in total. The molecule has 2 saturated carbocycles. The van der Waals surface area contributed by atoms with Crippen molar-refractivity contribution in [2.24, 2.45) is 11.1 Å². The SMILES string of the molecule is NC1CC2(C1)CC2(F)F. The van der Waals surface area contributed by atoms with E-state index in [0.29, 0.717) is 12.8 Å². The van der Waals surface area contributed by atoms with Crippen molar-refractivity contribution in [2.75, 3.05) is 0 Å². The Hall–Kier alpha value is -0.180. The van der Waals surface area contributed by atoms with Crippen molar-refractivity contribution in [3.63, 3.8) is 0 Å². The predicted octanol–water partition coefficient (Wildman–Crippen LogP) is 1.13. The summed E-state index contributed by atoms with van der Waals surface area (Å²) in [5.41, 5.74) is 4.76. The molecule has 2 aliphatic rings. The van der Waals surface area contributed by atoms with Gasteiger partial charge in [-0.05, 0) is 12.8 Å². The first-order chi connectivity index (χ1) is 4.06. The first-order valence-electron chi connectivity index (χ1n) is 3.19. The number of nitrogens with two attached hydrogens (primary N) is 1. The van der Waals surface area contributed by atoms with Gasteiger partial charge in [-0.25, -0.2) is 8.78 Å². The first-order valence-corrected chi connectivity index (χ1v) is 3.19. The van der Waals surface area contributed by atoms with E-state index in [1.807, 2.05) is 0 Å². The van der Waals surface area contributed by atoms with Gasteiger partial charge in [-0.15, -0.1) is 0 Å². The van der Waals surface area contributed by atoms with E-state index in [1.54, 1.807) is 0 Å². The van der Waals surface area contributed by atoms with Gasteiger partial charge in [0.2, 0.25) is 0 Å². The highest BCUT2D eigenvalue weighted by Gasteiger charge is 2.74. The number of rotatable bonds is 0. The largest absolute Gasteiger partial charge is 0.328 e. The van der Waals surface area contributed by atoms with Crippen LogP contribution in [0.5, 0.6) is 0 Å². The fourth-order valence-electron chi connectivity index (χ4n) is 1.77. The summed E-state index contributed by atoms with van der Waals surface area (Å²) in [6.45, 7) is 0. The Morgan fingerprint density at radius 1 is 1.33 bits per heavy atom. The van der Waals surface area contributed by atoms with E-state index in [1.165, 1.54) is 0 Å². The third-order valence-electron chi connectivity index (χ3n) is 2.52. The Morgan fingerprint density at radius 2 is 1.78 bits per heavy atom. The molecule has 0 aromatic carbocycles. The van der Waals surface area contributed by atoms with Crippen LogP contribution >= 0.6 is 0 Å². The second-order valence-electron chi connectivity index (χ2n) is 3.33. The highest BCUT2D eigenvalue weighted by atomic mass is 19.3. The van der Waals surface area contributed by atoms with E-state index in [4.69, 9.17) is 5.73 Å². The van der Waals surface area contributed by atoms with Crippen LogP contribution in [0, 0.1) is 5.41 Å². The quantitative estimate of drug-likeness (QED) is 0.526. The zero-order valence-electron chi connectivity index (χ0n) is 5.03. The van der Waals surface area contributed by atoms with Crippen molar-refractivity contribution in [1.29, 1.82) is 0 Å². The molecular formula is C6H9F2N. The van der Waals surface area contributed by atoms with Crippen LogP contribution in [0.2, 0.25) is 0 Å². The topological polar surface area (TPSA) is 26.0 Å². The summed E-state index contributed by atoms with van der Waals surface area (Å²) in [4.78, 5) is 0. The lowest BCUT2D eigenvalue weighted by Gasteiger charge is -2.32. The summed E-state index contributed by atoms with van der Waals surface area (Å²) < 4.78 is 24.7. The molecule has 9 heavy (non-hydrogen) atoms. The van der Waals surface area contributed by atoms with Crippen LogP contribution in [-0.4, -0.2) is 12.0 Å². The summed E-state index contributed by atoms with van der Waals surface area (Å²) in [5.74, 6) is -2.36. The van der Waals surface area contributed by atoms with E-state index in [2.05, 4.69) is 0 Å². The van der Waals surface area contributed by atoms with E-state index in [-0.39, 0.29) is 12.5 Å². The molecule has 1 spiro atoms. The molecule has 3 heteroatoms. The van der Waals surface area contributed by atoms with Crippen molar-refractivity contribution in [3.8, 4) is 0 Å². The fraction of sp³-hybridized carbons (Fsp3) is 1.00. The zero-order valence-corrected chi connectivity index (χ0v) is 5.03. The van der Waals surface area contributed by atoms with E-state index in [0.717, 1.165) is 0 Å². The number of alkyl halides is 2. The van der Waals surface area contributed by atoms with Gasteiger partial charge in [0.1, 0.15) is 0 Å². The van der Waals surface area contributed by atoms with Crippen LogP contribution in [0.15, 0.2) is 0 Å². The minimum absolute atomic E-state index is 0.0541. The smallest absolute Gasteiger partial charge is 0.254 e. The second kappa shape index (κ2) is 1.15. The average Bonchev–Trinajstić information content (AvgIpc) is 2.06. The molecule has 0 atom stereocenters. The monoisotopic (exact) mass is 133 g/mol. The van der Waals surface area contributed by atoms with Crippen LogP contribution in [0.3, 0.4) is 0 Å². The van der Waals surface area contributed by atoms with Crippen molar-refractivity contribution >= 4 is 0 Å². The standard InChI is InChI=1S/C6H9F2N/c7-6(8)3-5(6)1-4(9)2-5/h4H,1-3,9H2. The molecule has 0 aliphatic heterocycles. The maximum atomic E-state index is 12.4. The maximum absolute atomic E-state index is 12.4. The van der Waals surface area contributed by atoms with Crippen LogP contribution in [0.25, 0.3) is 0 Å². The number of hydrogen-bond acceptors (Lipinski definition) is 1. The van der Waals surface area contributed by atoms with E-state index < -0.39 is 11.3 Å². The van der Waals surface area contributed by atoms with Gasteiger partial charge >= 0.3 is 0 Å². The van der Waals surface area contributed by atoms with Crippen LogP contribution < -0.4 is 5.73 Å². The summed E-state index contributed by atoms with van der Waals surface area (Å²) in [7, 11) is 0. The van der Waals surface area contributed by atoms with Gasteiger partial charge in [0.15, 0.2) is 0 Å². The summed E-state index contributed by atoms with van der Waals surface area (Å²) >= 11 is 0. The zero-order chi connectivity index (χ0) is 6.70. The van der Waals surface area contributed by atoms with E-state index >= 15 is 0 Å². The Labute approximate surface area is 52.2 Å². The normalized spacial score (nSPS) is 53.0. The Balaban J connectivity index is 2.03.